The number of hydrogen-bond donors (Lipinski definition) is 3. The summed E-state index contributed by atoms with van der Waals surface area (Å²) in [7, 11) is 0. The van der Waals surface area contributed by atoms with Gasteiger partial charge in [0.2, 0.25) is 0 Å². The van der Waals surface area contributed by atoms with Crippen molar-refractivity contribution in [3.05, 3.63) is 12.7 Å². The van der Waals surface area contributed by atoms with Crippen molar-refractivity contribution in [2.45, 2.75) is 83.6 Å². The second-order valence-corrected chi connectivity index (χ2v) is 9.69. The second-order valence-electron chi connectivity index (χ2n) is 9.69. The predicted octanol–water partition coefficient (Wildman–Crippen LogP) is 1.18. The number of esters is 2. The van der Waals surface area contributed by atoms with Gasteiger partial charge in [-0.15, -0.1) is 0 Å². The van der Waals surface area contributed by atoms with Crippen LogP contribution < -0.4 is 5.32 Å². The highest BCUT2D eigenvalue weighted by Crippen LogP contribution is 2.33. The summed E-state index contributed by atoms with van der Waals surface area (Å²) in [6, 6.07) is -0.115. The number of fused-ring (bicyclic) bond motifs is 1. The second kappa shape index (κ2) is 10.4. The molecule has 0 bridgehead atoms. The molecule has 35 heavy (non-hydrogen) atoms. The van der Waals surface area contributed by atoms with Crippen molar-refractivity contribution in [3.63, 3.8) is 0 Å². The Hall–Kier alpha value is -2.83. The van der Waals surface area contributed by atoms with Crippen LogP contribution in [0.5, 0.6) is 0 Å². The summed E-state index contributed by atoms with van der Waals surface area (Å²) >= 11 is 0. The Morgan fingerprint density at radius 3 is 2.57 bits per heavy atom. The molecule has 1 aliphatic heterocycles. The molecule has 2 aliphatic rings. The lowest BCUT2D eigenvalue weighted by Gasteiger charge is -2.22. The van der Waals surface area contributed by atoms with E-state index in [1.54, 1.807) is 27.7 Å². The minimum Gasteiger partial charge on any atom is -0.463 e. The van der Waals surface area contributed by atoms with Crippen molar-refractivity contribution in [3.8, 4) is 0 Å². The van der Waals surface area contributed by atoms with Gasteiger partial charge in [0.05, 0.1) is 24.2 Å². The molecule has 192 valence electrons. The number of aromatic nitrogens is 4. The number of rotatable bonds is 8. The van der Waals surface area contributed by atoms with Gasteiger partial charge in [0.1, 0.15) is 37.4 Å². The molecular weight excluding hydrogens is 458 g/mol. The summed E-state index contributed by atoms with van der Waals surface area (Å²) < 4.78 is 18.2. The molecule has 0 spiro atoms. The number of carbonyl (C=O) groups is 2. The summed E-state index contributed by atoms with van der Waals surface area (Å²) in [6.45, 7) is 6.83. The number of hydrogen-bond acceptors (Lipinski definition) is 11. The standard InChI is InChI=1S/C23H33N5O7/c1-11(2)22(31)33-8-15-17(29)18(30)21(34-15)28-10-26-16-19(24-9-25-20(16)28)27-13-6-5-7-14(13)35-23(32)12(3)4/h9-15,17-18,21,29-30H,5-8H2,1-4H3,(H,24,25,27)/t13?,14-,15?,17+,18+,21?/m0/s1. The molecule has 1 saturated heterocycles. The zero-order valence-electron chi connectivity index (χ0n) is 20.3. The van der Waals surface area contributed by atoms with E-state index in [4.69, 9.17) is 14.2 Å². The first-order chi connectivity index (χ1) is 16.7. The number of anilines is 1. The molecule has 0 radical (unpaired) electrons. The Bertz CT molecular complexity index is 1060. The Morgan fingerprint density at radius 1 is 1.11 bits per heavy atom. The number of aliphatic hydroxyl groups is 2. The highest BCUT2D eigenvalue weighted by atomic mass is 16.6. The summed E-state index contributed by atoms with van der Waals surface area (Å²) in [6.07, 6.45) is 0.641. The first-order valence-corrected chi connectivity index (χ1v) is 12.0. The maximum absolute atomic E-state index is 12.1. The van der Waals surface area contributed by atoms with Crippen molar-refractivity contribution in [2.75, 3.05) is 11.9 Å². The molecule has 12 heteroatoms. The molecule has 1 saturated carbocycles. The number of nitrogens with one attached hydrogen (secondary N) is 1. The van der Waals surface area contributed by atoms with Crippen LogP contribution >= 0.6 is 0 Å². The normalized spacial score (nSPS) is 28.7. The molecule has 3 N–H and O–H groups in total. The van der Waals surface area contributed by atoms with Crippen molar-refractivity contribution in [1.82, 2.24) is 19.5 Å². The number of aliphatic hydroxyl groups excluding tert-OH is 2. The summed E-state index contributed by atoms with van der Waals surface area (Å²) in [5.41, 5.74) is 0.848. The van der Waals surface area contributed by atoms with E-state index in [1.165, 1.54) is 17.2 Å². The van der Waals surface area contributed by atoms with Gasteiger partial charge in [0.15, 0.2) is 23.2 Å². The van der Waals surface area contributed by atoms with E-state index in [1.807, 2.05) is 0 Å². The molecule has 2 aromatic heterocycles. The third kappa shape index (κ3) is 5.24. The third-order valence-electron chi connectivity index (χ3n) is 6.35. The van der Waals surface area contributed by atoms with Crippen LogP contribution in [0.2, 0.25) is 0 Å². The van der Waals surface area contributed by atoms with Gasteiger partial charge < -0.3 is 29.7 Å². The van der Waals surface area contributed by atoms with Crippen molar-refractivity contribution >= 4 is 28.9 Å². The van der Waals surface area contributed by atoms with Crippen LogP contribution in [0.25, 0.3) is 11.2 Å². The number of imidazole rings is 1. The van der Waals surface area contributed by atoms with Crippen LogP contribution in [0.1, 0.15) is 53.2 Å². The molecule has 3 heterocycles. The lowest BCUT2D eigenvalue weighted by atomic mass is 10.1. The number of carbonyl (C=O) groups excluding carboxylic acids is 2. The molecule has 12 nitrogen and oxygen atoms in total. The van der Waals surface area contributed by atoms with Crippen molar-refractivity contribution in [1.29, 1.82) is 0 Å². The van der Waals surface area contributed by atoms with Gasteiger partial charge >= 0.3 is 11.9 Å². The van der Waals surface area contributed by atoms with Crippen LogP contribution in [0.3, 0.4) is 0 Å². The molecule has 0 aromatic carbocycles. The van der Waals surface area contributed by atoms with E-state index >= 15 is 0 Å². The maximum atomic E-state index is 12.1. The predicted molar refractivity (Wildman–Crippen MR) is 123 cm³/mol. The van der Waals surface area contributed by atoms with Gasteiger partial charge in [-0.2, -0.15) is 0 Å². The molecular formula is C23H33N5O7. The average molecular weight is 492 g/mol. The monoisotopic (exact) mass is 491 g/mol. The summed E-state index contributed by atoms with van der Waals surface area (Å²) in [5, 5.41) is 24.4. The molecule has 3 unspecified atom stereocenters. The lowest BCUT2D eigenvalue weighted by molar-refractivity contribution is -0.154. The van der Waals surface area contributed by atoms with Crippen LogP contribution in [-0.2, 0) is 23.8 Å². The molecule has 2 fully saturated rings. The zero-order valence-corrected chi connectivity index (χ0v) is 20.3. The van der Waals surface area contributed by atoms with Gasteiger partial charge in [-0.25, -0.2) is 15.0 Å². The van der Waals surface area contributed by atoms with Crippen LogP contribution in [0.4, 0.5) is 5.82 Å². The molecule has 0 amide bonds. The fourth-order valence-corrected chi connectivity index (χ4v) is 4.26. The minimum atomic E-state index is -1.28. The quantitative estimate of drug-likeness (QED) is 0.455. The maximum Gasteiger partial charge on any atom is 0.308 e. The first-order valence-electron chi connectivity index (χ1n) is 12.0. The molecule has 4 rings (SSSR count). The van der Waals surface area contributed by atoms with E-state index in [2.05, 4.69) is 20.3 Å². The van der Waals surface area contributed by atoms with Gasteiger partial charge in [-0.1, -0.05) is 27.7 Å². The number of ether oxygens (including phenoxy) is 3. The summed E-state index contributed by atoms with van der Waals surface area (Å²) in [4.78, 5) is 36.9. The third-order valence-corrected chi connectivity index (χ3v) is 6.35. The molecule has 6 atom stereocenters. The molecule has 2 aromatic rings. The van der Waals surface area contributed by atoms with Gasteiger partial charge in [-0.3, -0.25) is 14.2 Å². The smallest absolute Gasteiger partial charge is 0.308 e. The first kappa shape index (κ1) is 25.3. The SMILES string of the molecule is CC(C)C(=O)OCC1OC(n2cnc3c(NC4CCC[C@@H]4OC(=O)C(C)C)ncnc32)[C@H](O)[C@@H]1O. The van der Waals surface area contributed by atoms with Gasteiger partial charge in [0.25, 0.3) is 0 Å². The Morgan fingerprint density at radius 2 is 1.86 bits per heavy atom. The van der Waals surface area contributed by atoms with E-state index < -0.39 is 30.5 Å². The fourth-order valence-electron chi connectivity index (χ4n) is 4.26. The molecule has 1 aliphatic carbocycles. The lowest BCUT2D eigenvalue weighted by Crippen LogP contribution is -2.34. The zero-order chi connectivity index (χ0) is 25.3. The Kier molecular flexibility index (Phi) is 7.53. The van der Waals surface area contributed by atoms with E-state index in [0.29, 0.717) is 17.0 Å². The van der Waals surface area contributed by atoms with Crippen LogP contribution in [-0.4, -0.2) is 78.7 Å². The van der Waals surface area contributed by atoms with Crippen molar-refractivity contribution < 1.29 is 34.0 Å². The summed E-state index contributed by atoms with van der Waals surface area (Å²) in [5.74, 6) is -0.701. The highest BCUT2D eigenvalue weighted by molar-refractivity contribution is 5.83. The Balaban J connectivity index is 1.50. The minimum absolute atomic E-state index is 0.115. The Labute approximate surface area is 203 Å². The van der Waals surface area contributed by atoms with Crippen LogP contribution in [0, 0.1) is 11.8 Å². The topological polar surface area (TPSA) is 158 Å². The van der Waals surface area contributed by atoms with Gasteiger partial charge in [0, 0.05) is 0 Å². The average Bonchev–Trinajstić information content (AvgIpc) is 3.51. The highest BCUT2D eigenvalue weighted by Gasteiger charge is 2.45. The van der Waals surface area contributed by atoms with E-state index in [9.17, 15) is 19.8 Å². The number of nitrogens with zero attached hydrogens (tertiary/aromatic N) is 4. The van der Waals surface area contributed by atoms with E-state index in [-0.39, 0.29) is 36.6 Å². The largest absolute Gasteiger partial charge is 0.463 e. The van der Waals surface area contributed by atoms with E-state index in [0.717, 1.165) is 19.3 Å². The van der Waals surface area contributed by atoms with Gasteiger partial charge in [-0.05, 0) is 19.3 Å². The van der Waals surface area contributed by atoms with Crippen molar-refractivity contribution in [2.24, 2.45) is 11.8 Å². The van der Waals surface area contributed by atoms with Crippen LogP contribution in [0.15, 0.2) is 12.7 Å². The fraction of sp³-hybridized carbons (Fsp3) is 0.696.